The largest absolute Gasteiger partial charge is 0.320 e. The number of halogens is 2. The van der Waals surface area contributed by atoms with Crippen molar-refractivity contribution in [3.63, 3.8) is 0 Å². The van der Waals surface area contributed by atoms with Gasteiger partial charge in [-0.1, -0.05) is 0 Å². The van der Waals surface area contributed by atoms with Gasteiger partial charge in [0, 0.05) is 18.5 Å². The van der Waals surface area contributed by atoms with E-state index in [1.54, 1.807) is 42.2 Å². The zero-order valence-corrected chi connectivity index (χ0v) is 14.7. The summed E-state index contributed by atoms with van der Waals surface area (Å²) in [5.41, 5.74) is 1.23. The molecule has 1 aromatic carbocycles. The minimum Gasteiger partial charge on any atom is -0.320 e. The van der Waals surface area contributed by atoms with E-state index >= 15 is 0 Å². The van der Waals surface area contributed by atoms with Crippen LogP contribution in [0.1, 0.15) is 16.1 Å². The summed E-state index contributed by atoms with van der Waals surface area (Å²) in [5.74, 6) is -1.26. The highest BCUT2D eigenvalue weighted by Gasteiger charge is 2.17. The zero-order valence-electron chi connectivity index (χ0n) is 14.7. The first kappa shape index (κ1) is 17.5. The molecule has 140 valence electrons. The highest BCUT2D eigenvalue weighted by atomic mass is 19.1. The normalized spacial score (nSPS) is 10.8. The Labute approximate surface area is 158 Å². The molecule has 0 aliphatic carbocycles. The van der Waals surface area contributed by atoms with E-state index in [4.69, 9.17) is 0 Å². The number of amides is 1. The van der Waals surface area contributed by atoms with Crippen LogP contribution in [0.3, 0.4) is 0 Å². The number of nitrogens with zero attached hydrogens (tertiary/aromatic N) is 5. The van der Waals surface area contributed by atoms with Crippen molar-refractivity contribution >= 4 is 11.6 Å². The Morgan fingerprint density at radius 1 is 1.11 bits per heavy atom. The predicted molar refractivity (Wildman–Crippen MR) is 97.5 cm³/mol. The maximum absolute atomic E-state index is 14.0. The average Bonchev–Trinajstić information content (AvgIpc) is 3.33. The molecule has 0 radical (unpaired) electrons. The van der Waals surface area contributed by atoms with Gasteiger partial charge in [0.05, 0.1) is 29.3 Å². The van der Waals surface area contributed by atoms with Crippen LogP contribution < -0.4 is 5.32 Å². The summed E-state index contributed by atoms with van der Waals surface area (Å²) in [6.07, 6.45) is 6.24. The molecule has 0 aliphatic rings. The number of carbonyl (C=O) groups is 1. The Balaban J connectivity index is 1.55. The van der Waals surface area contributed by atoms with Gasteiger partial charge in [-0.2, -0.15) is 10.2 Å². The first-order chi connectivity index (χ1) is 13.5. The van der Waals surface area contributed by atoms with Crippen molar-refractivity contribution in [2.45, 2.75) is 6.92 Å². The Kier molecular flexibility index (Phi) is 4.40. The summed E-state index contributed by atoms with van der Waals surface area (Å²) < 4.78 is 30.0. The number of aromatic nitrogens is 5. The molecule has 1 N–H and O–H groups in total. The molecule has 4 rings (SSSR count). The number of benzene rings is 1. The fourth-order valence-corrected chi connectivity index (χ4v) is 2.73. The van der Waals surface area contributed by atoms with E-state index in [2.05, 4.69) is 20.5 Å². The lowest BCUT2D eigenvalue weighted by atomic mass is 10.2. The second-order valence-electron chi connectivity index (χ2n) is 5.96. The number of nitrogens with one attached hydrogen (secondary N) is 1. The van der Waals surface area contributed by atoms with Crippen LogP contribution in [0.15, 0.2) is 61.2 Å². The van der Waals surface area contributed by atoms with Crippen molar-refractivity contribution in [2.75, 3.05) is 5.32 Å². The number of anilines is 1. The molecule has 3 heterocycles. The molecule has 28 heavy (non-hydrogen) atoms. The van der Waals surface area contributed by atoms with Crippen LogP contribution in [-0.4, -0.2) is 30.5 Å². The third kappa shape index (κ3) is 3.25. The van der Waals surface area contributed by atoms with Crippen LogP contribution in [0.5, 0.6) is 0 Å². The molecule has 0 aliphatic heterocycles. The molecule has 9 heteroatoms. The van der Waals surface area contributed by atoms with Crippen LogP contribution in [0, 0.1) is 18.6 Å². The van der Waals surface area contributed by atoms with Gasteiger partial charge in [-0.3, -0.25) is 4.79 Å². The standard InChI is InChI=1S/C19H14F2N6O/c1-12-15(11-24-27(12)17-5-3-13(20)9-16(17)21)19(28)25-14-4-6-18(22-10-14)26-8-2-7-23-26/h2-11H,1H3,(H,25,28). The van der Waals surface area contributed by atoms with Crippen LogP contribution in [0.2, 0.25) is 0 Å². The van der Waals surface area contributed by atoms with Crippen molar-refractivity contribution in [3.8, 4) is 11.5 Å². The van der Waals surface area contributed by atoms with Crippen molar-refractivity contribution in [3.05, 3.63) is 84.1 Å². The van der Waals surface area contributed by atoms with Crippen LogP contribution in [-0.2, 0) is 0 Å². The summed E-state index contributed by atoms with van der Waals surface area (Å²) in [6.45, 7) is 1.63. The quantitative estimate of drug-likeness (QED) is 0.589. The molecule has 7 nitrogen and oxygen atoms in total. The number of carbonyl (C=O) groups excluding carboxylic acids is 1. The molecule has 3 aromatic heterocycles. The van der Waals surface area contributed by atoms with E-state index in [0.717, 1.165) is 12.1 Å². The number of pyridine rings is 1. The van der Waals surface area contributed by atoms with E-state index in [9.17, 15) is 13.6 Å². The van der Waals surface area contributed by atoms with Crippen LogP contribution in [0.25, 0.3) is 11.5 Å². The van der Waals surface area contributed by atoms with Gasteiger partial charge in [0.2, 0.25) is 0 Å². The van der Waals surface area contributed by atoms with Gasteiger partial charge in [-0.15, -0.1) is 0 Å². The van der Waals surface area contributed by atoms with E-state index in [1.165, 1.54) is 23.1 Å². The predicted octanol–water partition coefficient (Wildman–Crippen LogP) is 3.29. The molecule has 4 aromatic rings. The van der Waals surface area contributed by atoms with Gasteiger partial charge in [-0.05, 0) is 37.3 Å². The monoisotopic (exact) mass is 380 g/mol. The first-order valence-corrected chi connectivity index (χ1v) is 8.30. The van der Waals surface area contributed by atoms with E-state index in [-0.39, 0.29) is 11.3 Å². The average molecular weight is 380 g/mol. The minimum atomic E-state index is -0.767. The fraction of sp³-hybridized carbons (Fsp3) is 0.0526. The van der Waals surface area contributed by atoms with E-state index in [1.807, 2.05) is 0 Å². The van der Waals surface area contributed by atoms with Gasteiger partial charge in [-0.25, -0.2) is 23.1 Å². The summed E-state index contributed by atoms with van der Waals surface area (Å²) in [6, 6.07) is 8.36. The maximum Gasteiger partial charge on any atom is 0.259 e. The van der Waals surface area contributed by atoms with Gasteiger partial charge in [0.15, 0.2) is 11.6 Å². The third-order valence-electron chi connectivity index (χ3n) is 4.14. The Hall–Kier alpha value is -3.88. The maximum atomic E-state index is 14.0. The molecule has 0 unspecified atom stereocenters. The smallest absolute Gasteiger partial charge is 0.259 e. The molecule has 0 atom stereocenters. The molecular formula is C19H14F2N6O. The molecule has 0 saturated carbocycles. The van der Waals surface area contributed by atoms with Crippen molar-refractivity contribution in [1.82, 2.24) is 24.5 Å². The van der Waals surface area contributed by atoms with Gasteiger partial charge < -0.3 is 5.32 Å². The molecule has 0 spiro atoms. The third-order valence-corrected chi connectivity index (χ3v) is 4.14. The number of hydrogen-bond acceptors (Lipinski definition) is 4. The lowest BCUT2D eigenvalue weighted by molar-refractivity contribution is 0.102. The van der Waals surface area contributed by atoms with Crippen molar-refractivity contribution in [1.29, 1.82) is 0 Å². The van der Waals surface area contributed by atoms with Crippen LogP contribution >= 0.6 is 0 Å². The number of hydrogen-bond donors (Lipinski definition) is 1. The van der Waals surface area contributed by atoms with Gasteiger partial charge in [0.25, 0.3) is 5.91 Å². The molecule has 1 amide bonds. The summed E-state index contributed by atoms with van der Waals surface area (Å²) >= 11 is 0. The highest BCUT2D eigenvalue weighted by Crippen LogP contribution is 2.19. The van der Waals surface area contributed by atoms with Gasteiger partial charge >= 0.3 is 0 Å². The van der Waals surface area contributed by atoms with E-state index in [0.29, 0.717) is 17.2 Å². The topological polar surface area (TPSA) is 77.6 Å². The summed E-state index contributed by atoms with van der Waals surface area (Å²) in [7, 11) is 0. The zero-order chi connectivity index (χ0) is 19.7. The Morgan fingerprint density at radius 3 is 2.64 bits per heavy atom. The van der Waals surface area contributed by atoms with E-state index < -0.39 is 17.5 Å². The number of rotatable bonds is 4. The second kappa shape index (κ2) is 7.03. The highest BCUT2D eigenvalue weighted by molar-refractivity contribution is 6.04. The Bertz CT molecular complexity index is 1140. The Morgan fingerprint density at radius 2 is 1.96 bits per heavy atom. The first-order valence-electron chi connectivity index (χ1n) is 8.30. The fourth-order valence-electron chi connectivity index (χ4n) is 2.73. The molecule has 0 saturated heterocycles. The SMILES string of the molecule is Cc1c(C(=O)Nc2ccc(-n3cccn3)nc2)cnn1-c1ccc(F)cc1F. The van der Waals surface area contributed by atoms with Crippen LogP contribution in [0.4, 0.5) is 14.5 Å². The lowest BCUT2D eigenvalue weighted by Gasteiger charge is -2.08. The van der Waals surface area contributed by atoms with Gasteiger partial charge in [0.1, 0.15) is 11.5 Å². The molecule has 0 fully saturated rings. The molecular weight excluding hydrogens is 366 g/mol. The second-order valence-corrected chi connectivity index (χ2v) is 5.96. The summed E-state index contributed by atoms with van der Waals surface area (Å²) in [5, 5.41) is 10.9. The van der Waals surface area contributed by atoms with Crippen molar-refractivity contribution < 1.29 is 13.6 Å². The van der Waals surface area contributed by atoms with Crippen molar-refractivity contribution in [2.24, 2.45) is 0 Å². The molecule has 0 bridgehead atoms. The summed E-state index contributed by atoms with van der Waals surface area (Å²) in [4.78, 5) is 16.8. The lowest BCUT2D eigenvalue weighted by Crippen LogP contribution is -2.13. The minimum absolute atomic E-state index is 0.0585.